The predicted octanol–water partition coefficient (Wildman–Crippen LogP) is 6.35. The Balaban J connectivity index is 1.60. The normalized spacial score (nSPS) is 18.1. The number of carbonyl (C=O) groups excluding carboxylic acids is 1. The van der Waals surface area contributed by atoms with Gasteiger partial charge in [0.15, 0.2) is 0 Å². The van der Waals surface area contributed by atoms with Crippen LogP contribution in [0.15, 0.2) is 48.5 Å². The van der Waals surface area contributed by atoms with Gasteiger partial charge in [0.1, 0.15) is 0 Å². The van der Waals surface area contributed by atoms with Crippen molar-refractivity contribution >= 4 is 35.1 Å². The molecule has 1 atom stereocenters. The summed E-state index contributed by atoms with van der Waals surface area (Å²) in [4.78, 5) is 14.6. The van der Waals surface area contributed by atoms with Gasteiger partial charge in [-0.15, -0.1) is 0 Å². The summed E-state index contributed by atoms with van der Waals surface area (Å²) in [7, 11) is 0. The molecule has 1 N–H and O–H groups in total. The molecule has 3 rings (SSSR count). The van der Waals surface area contributed by atoms with Gasteiger partial charge in [-0.1, -0.05) is 62.7 Å². The van der Waals surface area contributed by atoms with Gasteiger partial charge in [-0.25, -0.2) is 4.79 Å². The van der Waals surface area contributed by atoms with Crippen molar-refractivity contribution in [2.75, 3.05) is 24.2 Å². The van der Waals surface area contributed by atoms with Crippen LogP contribution in [0.1, 0.15) is 43.6 Å². The molecule has 0 spiro atoms. The maximum atomic E-state index is 12.7. The van der Waals surface area contributed by atoms with E-state index in [0.29, 0.717) is 5.25 Å². The summed E-state index contributed by atoms with van der Waals surface area (Å²) in [5, 5.41) is 4.18. The van der Waals surface area contributed by atoms with Crippen LogP contribution in [-0.2, 0) is 5.41 Å². The van der Waals surface area contributed by atoms with Crippen molar-refractivity contribution < 1.29 is 4.79 Å². The number of rotatable bonds is 2. The number of carbonyl (C=O) groups is 1. The van der Waals surface area contributed by atoms with Gasteiger partial charge in [-0.2, -0.15) is 11.8 Å². The van der Waals surface area contributed by atoms with E-state index in [2.05, 4.69) is 44.3 Å². The summed E-state index contributed by atoms with van der Waals surface area (Å²) in [5.41, 5.74) is 3.38. The second-order valence-electron chi connectivity index (χ2n) is 7.91. The zero-order chi connectivity index (χ0) is 19.4. The molecule has 0 radical (unpaired) electrons. The van der Waals surface area contributed by atoms with E-state index in [4.69, 9.17) is 11.6 Å². The predicted molar refractivity (Wildman–Crippen MR) is 117 cm³/mol. The van der Waals surface area contributed by atoms with Crippen LogP contribution in [0.4, 0.5) is 10.5 Å². The van der Waals surface area contributed by atoms with Gasteiger partial charge >= 0.3 is 6.03 Å². The summed E-state index contributed by atoms with van der Waals surface area (Å²) in [6.07, 6.45) is 0.908. The lowest BCUT2D eigenvalue weighted by Gasteiger charge is -2.22. The molecule has 0 aromatic heterocycles. The fourth-order valence-corrected chi connectivity index (χ4v) is 4.81. The molecule has 5 heteroatoms. The first-order valence-corrected chi connectivity index (χ1v) is 10.8. The van der Waals surface area contributed by atoms with E-state index in [1.54, 1.807) is 0 Å². The highest BCUT2D eigenvalue weighted by Crippen LogP contribution is 2.37. The van der Waals surface area contributed by atoms with Gasteiger partial charge in [0.05, 0.1) is 0 Å². The number of hydrogen-bond acceptors (Lipinski definition) is 2. The third-order valence-electron chi connectivity index (χ3n) is 4.88. The molecule has 1 saturated heterocycles. The quantitative estimate of drug-likeness (QED) is 0.634. The summed E-state index contributed by atoms with van der Waals surface area (Å²) >= 11 is 8.23. The van der Waals surface area contributed by atoms with Crippen LogP contribution in [0, 0.1) is 0 Å². The second-order valence-corrected chi connectivity index (χ2v) is 9.63. The first kappa shape index (κ1) is 20.1. The minimum atomic E-state index is -0.0288. The average Bonchev–Trinajstić information content (AvgIpc) is 2.88. The Morgan fingerprint density at radius 3 is 2.48 bits per heavy atom. The lowest BCUT2D eigenvalue weighted by molar-refractivity contribution is 0.215. The Morgan fingerprint density at radius 2 is 1.81 bits per heavy atom. The van der Waals surface area contributed by atoms with E-state index in [1.807, 2.05) is 47.0 Å². The molecule has 0 aliphatic carbocycles. The number of benzene rings is 2. The van der Waals surface area contributed by atoms with Crippen LogP contribution in [-0.4, -0.2) is 29.8 Å². The number of urea groups is 1. The lowest BCUT2D eigenvalue weighted by Crippen LogP contribution is -2.36. The third kappa shape index (κ3) is 5.20. The molecule has 0 saturated carbocycles. The number of thioether (sulfide) groups is 1. The smallest absolute Gasteiger partial charge is 0.321 e. The number of anilines is 1. The van der Waals surface area contributed by atoms with E-state index < -0.39 is 0 Å². The number of hydrogen-bond donors (Lipinski definition) is 1. The highest BCUT2D eigenvalue weighted by atomic mass is 35.5. The Morgan fingerprint density at radius 1 is 1.11 bits per heavy atom. The molecule has 1 unspecified atom stereocenters. The Bertz CT molecular complexity index is 786. The molecule has 1 heterocycles. The molecule has 2 amide bonds. The van der Waals surface area contributed by atoms with Gasteiger partial charge in [0.25, 0.3) is 0 Å². The second kappa shape index (κ2) is 8.57. The standard InChI is InChI=1S/C22H27ClN2OS/c1-22(2,3)16-8-10-17(11-9-16)24-21(26)25-13-12-20(27-15-14-25)18-6-4-5-7-19(18)23/h4-11,20H,12-15H2,1-3H3,(H,24,26). The largest absolute Gasteiger partial charge is 0.324 e. The molecule has 2 aromatic carbocycles. The van der Waals surface area contributed by atoms with E-state index in [0.717, 1.165) is 36.0 Å². The fraction of sp³-hybridized carbons (Fsp3) is 0.409. The molecule has 1 aliphatic rings. The summed E-state index contributed by atoms with van der Waals surface area (Å²) in [6, 6.07) is 16.1. The zero-order valence-corrected chi connectivity index (χ0v) is 17.7. The average molecular weight is 403 g/mol. The van der Waals surface area contributed by atoms with E-state index in [9.17, 15) is 4.79 Å². The highest BCUT2D eigenvalue weighted by Gasteiger charge is 2.23. The summed E-state index contributed by atoms with van der Waals surface area (Å²) in [5.74, 6) is 0.909. The van der Waals surface area contributed by atoms with Crippen LogP contribution in [0.2, 0.25) is 5.02 Å². The maximum Gasteiger partial charge on any atom is 0.321 e. The molecule has 2 aromatic rings. The van der Waals surface area contributed by atoms with E-state index in [1.165, 1.54) is 11.1 Å². The molecule has 3 nitrogen and oxygen atoms in total. The first-order chi connectivity index (χ1) is 12.8. The first-order valence-electron chi connectivity index (χ1n) is 9.37. The number of nitrogens with one attached hydrogen (secondary N) is 1. The van der Waals surface area contributed by atoms with E-state index >= 15 is 0 Å². The monoisotopic (exact) mass is 402 g/mol. The van der Waals surface area contributed by atoms with Gasteiger partial charge in [-0.05, 0) is 41.2 Å². The zero-order valence-electron chi connectivity index (χ0n) is 16.2. The number of halogens is 1. The van der Waals surface area contributed by atoms with Crippen molar-refractivity contribution in [2.45, 2.75) is 37.9 Å². The number of nitrogens with zero attached hydrogens (tertiary/aromatic N) is 1. The van der Waals surface area contributed by atoms with Crippen LogP contribution in [0.3, 0.4) is 0 Å². The molecule has 27 heavy (non-hydrogen) atoms. The molecular formula is C22H27ClN2OS. The van der Waals surface area contributed by atoms with Crippen molar-refractivity contribution in [3.05, 3.63) is 64.7 Å². The Labute approximate surface area is 171 Å². The van der Waals surface area contributed by atoms with Crippen LogP contribution in [0.5, 0.6) is 0 Å². The van der Waals surface area contributed by atoms with Gasteiger partial charge in [0, 0.05) is 34.8 Å². The van der Waals surface area contributed by atoms with Gasteiger partial charge < -0.3 is 10.2 Å². The van der Waals surface area contributed by atoms with E-state index in [-0.39, 0.29) is 11.4 Å². The fourth-order valence-electron chi connectivity index (χ4n) is 3.21. The van der Waals surface area contributed by atoms with Crippen molar-refractivity contribution in [3.8, 4) is 0 Å². The van der Waals surface area contributed by atoms with Crippen molar-refractivity contribution in [2.24, 2.45) is 0 Å². The van der Waals surface area contributed by atoms with Crippen molar-refractivity contribution in [3.63, 3.8) is 0 Å². The molecule has 1 fully saturated rings. The van der Waals surface area contributed by atoms with Crippen molar-refractivity contribution in [1.29, 1.82) is 0 Å². The molecule has 0 bridgehead atoms. The summed E-state index contributed by atoms with van der Waals surface area (Å²) < 4.78 is 0. The van der Waals surface area contributed by atoms with Crippen LogP contribution >= 0.6 is 23.4 Å². The molecular weight excluding hydrogens is 376 g/mol. The Kier molecular flexibility index (Phi) is 6.38. The van der Waals surface area contributed by atoms with Gasteiger partial charge in [0.2, 0.25) is 0 Å². The Hall–Kier alpha value is -1.65. The topological polar surface area (TPSA) is 32.3 Å². The van der Waals surface area contributed by atoms with Crippen LogP contribution in [0.25, 0.3) is 0 Å². The highest BCUT2D eigenvalue weighted by molar-refractivity contribution is 7.99. The maximum absolute atomic E-state index is 12.7. The van der Waals surface area contributed by atoms with Crippen molar-refractivity contribution in [1.82, 2.24) is 4.90 Å². The number of amides is 2. The summed E-state index contributed by atoms with van der Waals surface area (Å²) in [6.45, 7) is 8.03. The minimum absolute atomic E-state index is 0.0288. The SMILES string of the molecule is CC(C)(C)c1ccc(NC(=O)N2CCSC(c3ccccc3Cl)CC2)cc1. The molecule has 1 aliphatic heterocycles. The molecule has 144 valence electrons. The third-order valence-corrected chi connectivity index (χ3v) is 6.54. The van der Waals surface area contributed by atoms with Crippen LogP contribution < -0.4 is 5.32 Å². The van der Waals surface area contributed by atoms with Gasteiger partial charge in [-0.3, -0.25) is 0 Å². The minimum Gasteiger partial charge on any atom is -0.324 e. The lowest BCUT2D eigenvalue weighted by atomic mass is 9.87.